The number of aryl methyl sites for hydroxylation is 1. The van der Waals surface area contributed by atoms with Gasteiger partial charge < -0.3 is 4.90 Å². The van der Waals surface area contributed by atoms with E-state index in [1.54, 1.807) is 11.9 Å². The molecule has 0 amide bonds. The molecule has 6 heteroatoms. The highest BCUT2D eigenvalue weighted by Gasteiger charge is 2.13. The van der Waals surface area contributed by atoms with Crippen LogP contribution in [0.4, 0.5) is 21.8 Å². The first kappa shape index (κ1) is 12.3. The summed E-state index contributed by atoms with van der Waals surface area (Å²) in [6.45, 7) is 1.97. The van der Waals surface area contributed by atoms with Gasteiger partial charge in [0, 0.05) is 12.7 Å². The smallest absolute Gasteiger partial charge is 0.239 e. The number of aromatic nitrogens is 2. The Morgan fingerprint density at radius 3 is 2.83 bits per heavy atom. The van der Waals surface area contributed by atoms with Crippen LogP contribution in [0.1, 0.15) is 5.56 Å². The molecule has 0 radical (unpaired) electrons. The number of nitrogens with zero attached hydrogens (tertiary/aromatic N) is 3. The lowest BCUT2D eigenvalue weighted by Crippen LogP contribution is -2.17. The van der Waals surface area contributed by atoms with Gasteiger partial charge >= 0.3 is 0 Å². The van der Waals surface area contributed by atoms with Crippen LogP contribution in [0.3, 0.4) is 0 Å². The fourth-order valence-electron chi connectivity index (χ4n) is 1.62. The molecule has 18 heavy (non-hydrogen) atoms. The minimum Gasteiger partial charge on any atom is -0.327 e. The van der Waals surface area contributed by atoms with Crippen molar-refractivity contribution in [3.63, 3.8) is 0 Å². The van der Waals surface area contributed by atoms with E-state index in [4.69, 9.17) is 5.84 Å². The molecule has 1 heterocycles. The number of halogens is 1. The van der Waals surface area contributed by atoms with E-state index in [-0.39, 0.29) is 11.8 Å². The molecule has 3 N–H and O–H groups in total. The van der Waals surface area contributed by atoms with E-state index >= 15 is 0 Å². The number of rotatable bonds is 3. The number of anilines is 3. The summed E-state index contributed by atoms with van der Waals surface area (Å²) in [6.07, 6.45) is 1.09. The molecule has 0 bridgehead atoms. The van der Waals surface area contributed by atoms with Crippen molar-refractivity contribution in [1.29, 1.82) is 0 Å². The zero-order valence-electron chi connectivity index (χ0n) is 10.2. The number of hydrogen-bond donors (Lipinski definition) is 2. The molecule has 0 saturated heterocycles. The molecule has 0 aliphatic carbocycles. The minimum absolute atomic E-state index is 0.170. The summed E-state index contributed by atoms with van der Waals surface area (Å²) in [5.41, 5.74) is 4.23. The topological polar surface area (TPSA) is 67.1 Å². The molecule has 1 aromatic carbocycles. The quantitative estimate of drug-likeness (QED) is 0.641. The number of hydrazine groups is 1. The predicted molar refractivity (Wildman–Crippen MR) is 69.0 cm³/mol. The van der Waals surface area contributed by atoms with Crippen LogP contribution in [0.5, 0.6) is 0 Å². The van der Waals surface area contributed by atoms with Crippen LogP contribution in [-0.4, -0.2) is 17.0 Å². The summed E-state index contributed by atoms with van der Waals surface area (Å²) in [6, 6.07) is 7.70. The normalized spacial score (nSPS) is 10.2. The van der Waals surface area contributed by atoms with Crippen molar-refractivity contribution in [1.82, 2.24) is 9.97 Å². The Balaban J connectivity index is 2.41. The van der Waals surface area contributed by atoms with Gasteiger partial charge in [0.2, 0.25) is 5.95 Å². The lowest BCUT2D eigenvalue weighted by molar-refractivity contribution is 0.614. The van der Waals surface area contributed by atoms with Gasteiger partial charge in [0.25, 0.3) is 0 Å². The van der Waals surface area contributed by atoms with Crippen LogP contribution >= 0.6 is 0 Å². The van der Waals surface area contributed by atoms with E-state index in [1.165, 1.54) is 0 Å². The van der Waals surface area contributed by atoms with Gasteiger partial charge in [-0.3, -0.25) is 5.43 Å². The fourth-order valence-corrected chi connectivity index (χ4v) is 1.62. The van der Waals surface area contributed by atoms with Gasteiger partial charge in [0.15, 0.2) is 11.6 Å². The number of nitrogens with two attached hydrogens (primary N) is 1. The SMILES string of the molecule is Cc1cccc(N(C)c2nc(NN)ncc2F)c1. The lowest BCUT2D eigenvalue weighted by atomic mass is 10.2. The molecule has 1 aromatic heterocycles. The first-order chi connectivity index (χ1) is 8.61. The van der Waals surface area contributed by atoms with Crippen molar-refractivity contribution in [3.05, 3.63) is 41.8 Å². The van der Waals surface area contributed by atoms with Gasteiger partial charge in [0.05, 0.1) is 6.20 Å². The lowest BCUT2D eigenvalue weighted by Gasteiger charge is -2.19. The Morgan fingerprint density at radius 2 is 2.17 bits per heavy atom. The fraction of sp³-hybridized carbons (Fsp3) is 0.167. The molecule has 2 aromatic rings. The molecule has 0 aliphatic heterocycles. The molecule has 0 aliphatic rings. The van der Waals surface area contributed by atoms with Crippen LogP contribution in [0.2, 0.25) is 0 Å². The van der Waals surface area contributed by atoms with Crippen molar-refractivity contribution in [2.24, 2.45) is 5.84 Å². The van der Waals surface area contributed by atoms with E-state index < -0.39 is 5.82 Å². The van der Waals surface area contributed by atoms with Crippen molar-refractivity contribution in [2.75, 3.05) is 17.4 Å². The summed E-state index contributed by atoms with van der Waals surface area (Å²) in [7, 11) is 1.74. The average Bonchev–Trinajstić information content (AvgIpc) is 2.38. The maximum atomic E-state index is 13.7. The standard InChI is InChI=1S/C12H14FN5/c1-8-4-3-5-9(6-8)18(2)11-10(13)7-15-12(16-11)17-14/h3-7H,14H2,1-2H3,(H,15,16,17). The van der Waals surface area contributed by atoms with Crippen LogP contribution in [0.25, 0.3) is 0 Å². The van der Waals surface area contributed by atoms with Gasteiger partial charge in [-0.25, -0.2) is 15.2 Å². The van der Waals surface area contributed by atoms with Crippen molar-refractivity contribution < 1.29 is 4.39 Å². The predicted octanol–water partition coefficient (Wildman–Crippen LogP) is 1.98. The average molecular weight is 247 g/mol. The maximum absolute atomic E-state index is 13.7. The van der Waals surface area contributed by atoms with Gasteiger partial charge in [-0.2, -0.15) is 4.98 Å². The second-order valence-corrected chi connectivity index (χ2v) is 3.91. The maximum Gasteiger partial charge on any atom is 0.239 e. The Labute approximate surface area is 104 Å². The number of nitrogens with one attached hydrogen (secondary N) is 1. The highest BCUT2D eigenvalue weighted by Crippen LogP contribution is 2.25. The Hall–Kier alpha value is -2.21. The molecule has 0 unspecified atom stereocenters. The van der Waals surface area contributed by atoms with Crippen LogP contribution in [0, 0.1) is 12.7 Å². The molecular weight excluding hydrogens is 233 g/mol. The first-order valence-corrected chi connectivity index (χ1v) is 5.41. The second kappa shape index (κ2) is 4.97. The van der Waals surface area contributed by atoms with Crippen molar-refractivity contribution in [3.8, 4) is 0 Å². The van der Waals surface area contributed by atoms with Crippen LogP contribution in [-0.2, 0) is 0 Å². The van der Waals surface area contributed by atoms with Gasteiger partial charge in [-0.15, -0.1) is 0 Å². The monoisotopic (exact) mass is 247 g/mol. The summed E-state index contributed by atoms with van der Waals surface area (Å²) in [4.78, 5) is 9.35. The van der Waals surface area contributed by atoms with E-state index in [1.807, 2.05) is 31.2 Å². The zero-order valence-corrected chi connectivity index (χ0v) is 10.2. The third kappa shape index (κ3) is 2.38. The van der Waals surface area contributed by atoms with Crippen molar-refractivity contribution in [2.45, 2.75) is 6.92 Å². The Kier molecular flexibility index (Phi) is 3.38. The van der Waals surface area contributed by atoms with Crippen LogP contribution < -0.4 is 16.2 Å². The Morgan fingerprint density at radius 1 is 1.39 bits per heavy atom. The summed E-state index contributed by atoms with van der Waals surface area (Å²) < 4.78 is 13.7. The van der Waals surface area contributed by atoms with Gasteiger partial charge in [0.1, 0.15) is 0 Å². The van der Waals surface area contributed by atoms with Crippen LogP contribution in [0.15, 0.2) is 30.5 Å². The number of nitrogen functional groups attached to an aromatic ring is 1. The second-order valence-electron chi connectivity index (χ2n) is 3.91. The van der Waals surface area contributed by atoms with Gasteiger partial charge in [-0.1, -0.05) is 12.1 Å². The molecule has 0 saturated carbocycles. The minimum atomic E-state index is -0.502. The van der Waals surface area contributed by atoms with E-state index in [0.29, 0.717) is 0 Å². The Bertz CT molecular complexity index is 558. The van der Waals surface area contributed by atoms with E-state index in [9.17, 15) is 4.39 Å². The molecular formula is C12H14FN5. The molecule has 0 atom stereocenters. The third-order valence-corrected chi connectivity index (χ3v) is 2.56. The molecule has 2 rings (SSSR count). The number of benzene rings is 1. The third-order valence-electron chi connectivity index (χ3n) is 2.56. The summed E-state index contributed by atoms with van der Waals surface area (Å²) in [5, 5.41) is 0. The summed E-state index contributed by atoms with van der Waals surface area (Å²) in [5.74, 6) is 5.06. The number of hydrogen-bond acceptors (Lipinski definition) is 5. The van der Waals surface area contributed by atoms with Crippen molar-refractivity contribution >= 4 is 17.5 Å². The zero-order chi connectivity index (χ0) is 13.1. The largest absolute Gasteiger partial charge is 0.327 e. The van der Waals surface area contributed by atoms with Gasteiger partial charge in [-0.05, 0) is 24.6 Å². The highest BCUT2D eigenvalue weighted by atomic mass is 19.1. The molecule has 5 nitrogen and oxygen atoms in total. The molecule has 0 fully saturated rings. The first-order valence-electron chi connectivity index (χ1n) is 5.41. The van der Waals surface area contributed by atoms with E-state index in [0.717, 1.165) is 17.4 Å². The molecule has 94 valence electrons. The molecule has 0 spiro atoms. The summed E-state index contributed by atoms with van der Waals surface area (Å²) >= 11 is 0. The highest BCUT2D eigenvalue weighted by molar-refractivity contribution is 5.60. The van der Waals surface area contributed by atoms with E-state index in [2.05, 4.69) is 15.4 Å².